The fraction of sp³-hybridized carbons (Fsp3) is 0.429. The monoisotopic (exact) mass is 280 g/mol. The molecule has 0 saturated heterocycles. The molecule has 1 unspecified atom stereocenters. The number of aliphatic carboxylic acids is 1. The fourth-order valence-corrected chi connectivity index (χ4v) is 2.05. The smallest absolute Gasteiger partial charge is 0.315 e. The first-order valence-corrected chi connectivity index (χ1v) is 6.34. The van der Waals surface area contributed by atoms with E-state index in [4.69, 9.17) is 10.8 Å². The number of carboxylic acid groups (broad SMARTS) is 1. The molecule has 1 atom stereocenters. The predicted octanol–water partition coefficient (Wildman–Crippen LogP) is -0.225. The molecule has 1 rings (SSSR count). The molecular formula is C14H20N2O4. The molecular weight excluding hydrogens is 260 g/mol. The van der Waals surface area contributed by atoms with Gasteiger partial charge >= 0.3 is 5.97 Å². The summed E-state index contributed by atoms with van der Waals surface area (Å²) in [5.74, 6) is -1.59. The van der Waals surface area contributed by atoms with Gasteiger partial charge in [0.15, 0.2) is 0 Å². The van der Waals surface area contributed by atoms with Crippen LogP contribution in [0.4, 0.5) is 0 Å². The average molecular weight is 280 g/mol. The molecule has 0 heterocycles. The molecule has 20 heavy (non-hydrogen) atoms. The molecule has 0 aliphatic carbocycles. The van der Waals surface area contributed by atoms with Gasteiger partial charge in [0, 0.05) is 19.5 Å². The predicted molar refractivity (Wildman–Crippen MR) is 74.3 cm³/mol. The van der Waals surface area contributed by atoms with Crippen molar-refractivity contribution in [3.63, 3.8) is 0 Å². The van der Waals surface area contributed by atoms with E-state index in [0.29, 0.717) is 5.56 Å². The quantitative estimate of drug-likeness (QED) is 0.551. The third kappa shape index (κ3) is 3.55. The van der Waals surface area contributed by atoms with Crippen LogP contribution in [-0.4, -0.2) is 41.8 Å². The number of aliphatic hydroxyl groups excluding tert-OH is 1. The van der Waals surface area contributed by atoms with Gasteiger partial charge in [0.25, 0.3) is 0 Å². The number of carbonyl (C=O) groups is 2. The molecule has 110 valence electrons. The number of hydrogen-bond acceptors (Lipinski definition) is 4. The summed E-state index contributed by atoms with van der Waals surface area (Å²) in [6.45, 7) is 1.56. The van der Waals surface area contributed by atoms with E-state index >= 15 is 0 Å². The van der Waals surface area contributed by atoms with Gasteiger partial charge in [-0.05, 0) is 12.5 Å². The molecule has 1 amide bonds. The zero-order valence-electron chi connectivity index (χ0n) is 11.4. The number of nitrogens with one attached hydrogen (secondary N) is 1. The highest BCUT2D eigenvalue weighted by molar-refractivity contribution is 5.89. The maximum Gasteiger partial charge on any atom is 0.315 e. The lowest BCUT2D eigenvalue weighted by Gasteiger charge is -2.28. The van der Waals surface area contributed by atoms with E-state index in [1.807, 2.05) is 13.0 Å². The van der Waals surface area contributed by atoms with Gasteiger partial charge in [-0.1, -0.05) is 29.8 Å². The van der Waals surface area contributed by atoms with Crippen molar-refractivity contribution in [1.82, 2.24) is 5.32 Å². The van der Waals surface area contributed by atoms with E-state index in [0.717, 1.165) is 5.56 Å². The number of nitrogens with two attached hydrogens (primary N) is 1. The SMILES string of the molecule is Cc1cccc(C(CN)(CC(=O)NCCO)C(=O)O)c1. The van der Waals surface area contributed by atoms with Crippen LogP contribution in [0.3, 0.4) is 0 Å². The topological polar surface area (TPSA) is 113 Å². The van der Waals surface area contributed by atoms with E-state index in [1.54, 1.807) is 18.2 Å². The summed E-state index contributed by atoms with van der Waals surface area (Å²) in [6.07, 6.45) is -0.262. The Kier molecular flexibility index (Phi) is 5.66. The Balaban J connectivity index is 3.10. The molecule has 0 bridgehead atoms. The minimum absolute atomic E-state index is 0.0902. The van der Waals surface area contributed by atoms with Crippen LogP contribution in [0, 0.1) is 6.92 Å². The number of carboxylic acids is 1. The van der Waals surface area contributed by atoms with Crippen molar-refractivity contribution in [1.29, 1.82) is 0 Å². The van der Waals surface area contributed by atoms with Gasteiger partial charge in [-0.2, -0.15) is 0 Å². The van der Waals surface area contributed by atoms with Crippen LogP contribution in [0.1, 0.15) is 17.5 Å². The molecule has 1 aromatic carbocycles. The van der Waals surface area contributed by atoms with Gasteiger partial charge in [0.1, 0.15) is 5.41 Å². The van der Waals surface area contributed by atoms with Gasteiger partial charge in [-0.15, -0.1) is 0 Å². The lowest BCUT2D eigenvalue weighted by molar-refractivity contribution is -0.146. The Morgan fingerprint density at radius 1 is 1.40 bits per heavy atom. The van der Waals surface area contributed by atoms with Crippen LogP contribution >= 0.6 is 0 Å². The summed E-state index contributed by atoms with van der Waals surface area (Å²) < 4.78 is 0. The Hall–Kier alpha value is -1.92. The molecule has 0 aliphatic heterocycles. The lowest BCUT2D eigenvalue weighted by atomic mass is 9.77. The first-order valence-electron chi connectivity index (χ1n) is 6.34. The second kappa shape index (κ2) is 7.02. The van der Waals surface area contributed by atoms with Gasteiger partial charge in [-0.3, -0.25) is 9.59 Å². The molecule has 0 aromatic heterocycles. The van der Waals surface area contributed by atoms with Crippen LogP contribution in [-0.2, 0) is 15.0 Å². The number of rotatable bonds is 7. The molecule has 5 N–H and O–H groups in total. The summed E-state index contributed by atoms with van der Waals surface area (Å²) in [4.78, 5) is 23.5. The number of hydrogen-bond donors (Lipinski definition) is 4. The fourth-order valence-electron chi connectivity index (χ4n) is 2.05. The molecule has 0 radical (unpaired) electrons. The highest BCUT2D eigenvalue weighted by atomic mass is 16.4. The third-order valence-corrected chi connectivity index (χ3v) is 3.22. The normalized spacial score (nSPS) is 13.6. The maximum absolute atomic E-state index is 11.8. The number of carbonyl (C=O) groups excluding carboxylic acids is 1. The molecule has 0 fully saturated rings. The van der Waals surface area contributed by atoms with Crippen molar-refractivity contribution >= 4 is 11.9 Å². The highest BCUT2D eigenvalue weighted by Gasteiger charge is 2.41. The van der Waals surface area contributed by atoms with E-state index < -0.39 is 17.3 Å². The number of amides is 1. The second-order valence-electron chi connectivity index (χ2n) is 4.71. The van der Waals surface area contributed by atoms with Crippen molar-refractivity contribution < 1.29 is 19.8 Å². The summed E-state index contributed by atoms with van der Waals surface area (Å²) in [6, 6.07) is 6.97. The van der Waals surface area contributed by atoms with Crippen molar-refractivity contribution in [2.75, 3.05) is 19.7 Å². The number of aryl methyl sites for hydroxylation is 1. The minimum Gasteiger partial charge on any atom is -0.481 e. The highest BCUT2D eigenvalue weighted by Crippen LogP contribution is 2.28. The third-order valence-electron chi connectivity index (χ3n) is 3.22. The van der Waals surface area contributed by atoms with E-state index in [1.165, 1.54) is 0 Å². The Labute approximate surface area is 117 Å². The lowest BCUT2D eigenvalue weighted by Crippen LogP contribution is -2.47. The van der Waals surface area contributed by atoms with Crippen molar-refractivity contribution in [3.8, 4) is 0 Å². The maximum atomic E-state index is 11.8. The zero-order chi connectivity index (χ0) is 15.2. The van der Waals surface area contributed by atoms with Gasteiger partial charge in [0.05, 0.1) is 6.61 Å². The average Bonchev–Trinajstić information content (AvgIpc) is 2.42. The van der Waals surface area contributed by atoms with Crippen LogP contribution in [0.5, 0.6) is 0 Å². The van der Waals surface area contributed by atoms with E-state index in [-0.39, 0.29) is 26.1 Å². The zero-order valence-corrected chi connectivity index (χ0v) is 11.4. The second-order valence-corrected chi connectivity index (χ2v) is 4.71. The molecule has 0 aliphatic rings. The van der Waals surface area contributed by atoms with Crippen molar-refractivity contribution in [3.05, 3.63) is 35.4 Å². The summed E-state index contributed by atoms with van der Waals surface area (Å²) >= 11 is 0. The number of aliphatic hydroxyl groups is 1. The van der Waals surface area contributed by atoms with Crippen LogP contribution in [0.15, 0.2) is 24.3 Å². The van der Waals surface area contributed by atoms with Gasteiger partial charge in [-0.25, -0.2) is 0 Å². The molecule has 1 aromatic rings. The number of benzene rings is 1. The Morgan fingerprint density at radius 2 is 2.10 bits per heavy atom. The summed E-state index contributed by atoms with van der Waals surface area (Å²) in [7, 11) is 0. The minimum atomic E-state index is -1.45. The molecule has 6 heteroatoms. The Morgan fingerprint density at radius 3 is 2.60 bits per heavy atom. The van der Waals surface area contributed by atoms with Crippen molar-refractivity contribution in [2.24, 2.45) is 5.73 Å². The van der Waals surface area contributed by atoms with Crippen LogP contribution in [0.25, 0.3) is 0 Å². The van der Waals surface area contributed by atoms with Gasteiger partial charge < -0.3 is 21.3 Å². The Bertz CT molecular complexity index is 490. The molecule has 0 spiro atoms. The molecule has 0 saturated carbocycles. The van der Waals surface area contributed by atoms with Gasteiger partial charge in [0.2, 0.25) is 5.91 Å². The standard InChI is InChI=1S/C14H20N2O4/c1-10-3-2-4-11(7-10)14(9-15,13(19)20)8-12(18)16-5-6-17/h2-4,7,17H,5-6,8-9,15H2,1H3,(H,16,18)(H,19,20). The first kappa shape index (κ1) is 16.1. The molecule has 6 nitrogen and oxygen atoms in total. The van der Waals surface area contributed by atoms with E-state index in [2.05, 4.69) is 5.32 Å². The van der Waals surface area contributed by atoms with E-state index in [9.17, 15) is 14.7 Å². The van der Waals surface area contributed by atoms with Crippen molar-refractivity contribution in [2.45, 2.75) is 18.8 Å². The first-order chi connectivity index (χ1) is 9.46. The largest absolute Gasteiger partial charge is 0.481 e. The summed E-state index contributed by atoms with van der Waals surface area (Å²) in [5.41, 5.74) is 5.61. The van der Waals surface area contributed by atoms with Crippen LogP contribution < -0.4 is 11.1 Å². The van der Waals surface area contributed by atoms with Crippen LogP contribution in [0.2, 0.25) is 0 Å². The summed E-state index contributed by atoms with van der Waals surface area (Å²) in [5, 5.41) is 20.7.